The van der Waals surface area contributed by atoms with Gasteiger partial charge in [0, 0.05) is 12.2 Å². The molecule has 4 nitrogen and oxygen atoms in total. The molecule has 1 aromatic carbocycles. The largest absolute Gasteiger partial charge is 0.307 e. The Kier molecular flexibility index (Phi) is 4.85. The summed E-state index contributed by atoms with van der Waals surface area (Å²) in [5.41, 5.74) is 0.580. The summed E-state index contributed by atoms with van der Waals surface area (Å²) in [6, 6.07) is 11.8. The van der Waals surface area contributed by atoms with Gasteiger partial charge in [-0.15, -0.1) is 0 Å². The van der Waals surface area contributed by atoms with Gasteiger partial charge in [-0.05, 0) is 18.2 Å². The molecular weight excluding hydrogens is 293 g/mol. The van der Waals surface area contributed by atoms with Crippen LogP contribution < -0.4 is 4.90 Å². The number of carbonyl (C=O) groups is 1. The average molecular weight is 304 g/mol. The van der Waals surface area contributed by atoms with Gasteiger partial charge in [0.05, 0.1) is 24.3 Å². The number of carbonyl (C=O) groups excluding carboxylic acids is 1. The third-order valence-electron chi connectivity index (χ3n) is 2.80. The SMILES string of the molecule is N#CCCN(C(=O)c1cc(F)cnc1Cl)c1ccccc1. The number of nitriles is 1. The van der Waals surface area contributed by atoms with E-state index in [-0.39, 0.29) is 23.7 Å². The second-order valence-corrected chi connectivity index (χ2v) is 4.55. The highest BCUT2D eigenvalue weighted by molar-refractivity contribution is 6.33. The van der Waals surface area contributed by atoms with E-state index in [1.807, 2.05) is 12.1 Å². The first kappa shape index (κ1) is 14.9. The van der Waals surface area contributed by atoms with Crippen LogP contribution in [0.25, 0.3) is 0 Å². The number of anilines is 1. The monoisotopic (exact) mass is 303 g/mol. The van der Waals surface area contributed by atoms with Crippen LogP contribution in [0.15, 0.2) is 42.6 Å². The van der Waals surface area contributed by atoms with Gasteiger partial charge >= 0.3 is 0 Å². The Morgan fingerprint density at radius 3 is 2.76 bits per heavy atom. The molecule has 0 aliphatic rings. The van der Waals surface area contributed by atoms with Gasteiger partial charge < -0.3 is 4.90 Å². The van der Waals surface area contributed by atoms with Crippen molar-refractivity contribution < 1.29 is 9.18 Å². The highest BCUT2D eigenvalue weighted by atomic mass is 35.5. The molecule has 0 atom stereocenters. The van der Waals surface area contributed by atoms with Crippen LogP contribution in [0.5, 0.6) is 0 Å². The van der Waals surface area contributed by atoms with Gasteiger partial charge in [0.2, 0.25) is 0 Å². The number of rotatable bonds is 4. The Hall–Kier alpha value is -2.45. The van der Waals surface area contributed by atoms with Gasteiger partial charge in [-0.25, -0.2) is 9.37 Å². The normalized spacial score (nSPS) is 9.95. The molecule has 0 fully saturated rings. The lowest BCUT2D eigenvalue weighted by atomic mass is 10.2. The number of hydrogen-bond acceptors (Lipinski definition) is 3. The van der Waals surface area contributed by atoms with Crippen molar-refractivity contribution in [1.82, 2.24) is 4.98 Å². The molecule has 1 heterocycles. The Bertz CT molecular complexity index is 685. The van der Waals surface area contributed by atoms with Crippen LogP contribution in [0.1, 0.15) is 16.8 Å². The second kappa shape index (κ2) is 6.82. The van der Waals surface area contributed by atoms with E-state index in [4.69, 9.17) is 16.9 Å². The third kappa shape index (κ3) is 3.56. The van der Waals surface area contributed by atoms with Crippen molar-refractivity contribution in [2.75, 3.05) is 11.4 Å². The number of hydrogen-bond donors (Lipinski definition) is 0. The maximum Gasteiger partial charge on any atom is 0.261 e. The van der Waals surface area contributed by atoms with Crippen molar-refractivity contribution in [1.29, 1.82) is 5.26 Å². The van der Waals surface area contributed by atoms with E-state index >= 15 is 0 Å². The van der Waals surface area contributed by atoms with Crippen LogP contribution in [-0.4, -0.2) is 17.4 Å². The molecule has 0 saturated heterocycles. The molecule has 0 aliphatic heterocycles. The summed E-state index contributed by atoms with van der Waals surface area (Å²) in [5.74, 6) is -1.13. The Balaban J connectivity index is 2.39. The smallest absolute Gasteiger partial charge is 0.261 e. The molecule has 2 rings (SSSR count). The highest BCUT2D eigenvalue weighted by Crippen LogP contribution is 2.21. The first-order chi connectivity index (χ1) is 10.1. The van der Waals surface area contributed by atoms with E-state index in [0.29, 0.717) is 5.69 Å². The standard InChI is InChI=1S/C15H11ClFN3O/c16-14-13(9-11(17)10-19-14)15(21)20(8-4-7-18)12-5-2-1-3-6-12/h1-3,5-6,9-10H,4,8H2. The molecule has 0 aliphatic carbocycles. The Morgan fingerprint density at radius 2 is 2.10 bits per heavy atom. The lowest BCUT2D eigenvalue weighted by molar-refractivity contribution is 0.0987. The van der Waals surface area contributed by atoms with Gasteiger partial charge in [0.15, 0.2) is 0 Å². The molecule has 6 heteroatoms. The lowest BCUT2D eigenvalue weighted by Gasteiger charge is -2.22. The van der Waals surface area contributed by atoms with E-state index < -0.39 is 11.7 Å². The predicted molar refractivity (Wildman–Crippen MR) is 77.6 cm³/mol. The van der Waals surface area contributed by atoms with Crippen LogP contribution in [0, 0.1) is 17.1 Å². The molecule has 1 aromatic heterocycles. The van der Waals surface area contributed by atoms with Crippen molar-refractivity contribution in [3.05, 3.63) is 59.1 Å². The quantitative estimate of drug-likeness (QED) is 0.813. The summed E-state index contributed by atoms with van der Waals surface area (Å²) in [6.45, 7) is 0.187. The molecular formula is C15H11ClFN3O. The van der Waals surface area contributed by atoms with Crippen molar-refractivity contribution >= 4 is 23.2 Å². The van der Waals surface area contributed by atoms with Gasteiger partial charge in [0.1, 0.15) is 11.0 Å². The summed E-state index contributed by atoms with van der Waals surface area (Å²) in [7, 11) is 0. The van der Waals surface area contributed by atoms with E-state index in [9.17, 15) is 9.18 Å². The predicted octanol–water partition coefficient (Wildman–Crippen LogP) is 3.43. The summed E-state index contributed by atoms with van der Waals surface area (Å²) in [6.07, 6.45) is 1.10. The minimum atomic E-state index is -0.643. The van der Waals surface area contributed by atoms with Crippen molar-refractivity contribution in [3.8, 4) is 6.07 Å². The van der Waals surface area contributed by atoms with Crippen molar-refractivity contribution in [2.45, 2.75) is 6.42 Å². The molecule has 1 amide bonds. The fourth-order valence-electron chi connectivity index (χ4n) is 1.84. The summed E-state index contributed by atoms with van der Waals surface area (Å²) >= 11 is 5.87. The van der Waals surface area contributed by atoms with Gasteiger partial charge in [-0.2, -0.15) is 5.26 Å². The fourth-order valence-corrected chi connectivity index (χ4v) is 2.02. The van der Waals surface area contributed by atoms with Gasteiger partial charge in [-0.3, -0.25) is 4.79 Å². The molecule has 0 unspecified atom stereocenters. The minimum absolute atomic E-state index is 0.0292. The van der Waals surface area contributed by atoms with Crippen LogP contribution in [0.2, 0.25) is 5.15 Å². The molecule has 106 valence electrons. The molecule has 0 radical (unpaired) electrons. The van der Waals surface area contributed by atoms with Crippen LogP contribution >= 0.6 is 11.6 Å². The number of pyridine rings is 1. The zero-order chi connectivity index (χ0) is 15.2. The third-order valence-corrected chi connectivity index (χ3v) is 3.10. The zero-order valence-electron chi connectivity index (χ0n) is 11.0. The number of nitrogens with zero attached hydrogens (tertiary/aromatic N) is 3. The molecule has 0 N–H and O–H groups in total. The summed E-state index contributed by atoms with van der Waals surface area (Å²) < 4.78 is 13.3. The van der Waals surface area contributed by atoms with Crippen LogP contribution in [-0.2, 0) is 0 Å². The topological polar surface area (TPSA) is 57.0 Å². The fraction of sp³-hybridized carbons (Fsp3) is 0.133. The van der Waals surface area contributed by atoms with E-state index in [1.165, 1.54) is 4.90 Å². The first-order valence-electron chi connectivity index (χ1n) is 6.18. The van der Waals surface area contributed by atoms with E-state index in [0.717, 1.165) is 12.3 Å². The zero-order valence-corrected chi connectivity index (χ0v) is 11.7. The van der Waals surface area contributed by atoms with E-state index in [1.54, 1.807) is 24.3 Å². The van der Waals surface area contributed by atoms with Crippen molar-refractivity contribution in [2.24, 2.45) is 0 Å². The maximum absolute atomic E-state index is 13.3. The number of amides is 1. The maximum atomic E-state index is 13.3. The Morgan fingerprint density at radius 1 is 1.38 bits per heavy atom. The molecule has 0 saturated carbocycles. The molecule has 0 bridgehead atoms. The van der Waals surface area contributed by atoms with Crippen LogP contribution in [0.3, 0.4) is 0 Å². The average Bonchev–Trinajstić information content (AvgIpc) is 2.51. The molecule has 2 aromatic rings. The number of halogens is 2. The number of aromatic nitrogens is 1. The minimum Gasteiger partial charge on any atom is -0.307 e. The highest BCUT2D eigenvalue weighted by Gasteiger charge is 2.21. The van der Waals surface area contributed by atoms with Crippen molar-refractivity contribution in [3.63, 3.8) is 0 Å². The van der Waals surface area contributed by atoms with E-state index in [2.05, 4.69) is 4.98 Å². The first-order valence-corrected chi connectivity index (χ1v) is 6.56. The number of benzene rings is 1. The molecule has 21 heavy (non-hydrogen) atoms. The number of para-hydroxylation sites is 1. The summed E-state index contributed by atoms with van der Waals surface area (Å²) in [4.78, 5) is 17.6. The summed E-state index contributed by atoms with van der Waals surface area (Å²) in [5, 5.41) is 8.66. The van der Waals surface area contributed by atoms with Gasteiger partial charge in [-0.1, -0.05) is 29.8 Å². The van der Waals surface area contributed by atoms with Crippen LogP contribution in [0.4, 0.5) is 10.1 Å². The molecule has 0 spiro atoms. The lowest BCUT2D eigenvalue weighted by Crippen LogP contribution is -2.32. The second-order valence-electron chi connectivity index (χ2n) is 4.19. The van der Waals surface area contributed by atoms with Gasteiger partial charge in [0.25, 0.3) is 5.91 Å². The Labute approximate surface area is 126 Å².